The van der Waals surface area contributed by atoms with Gasteiger partial charge in [0.25, 0.3) is 0 Å². The molecule has 0 aliphatic carbocycles. The first-order valence-electron chi connectivity index (χ1n) is 6.18. The molecule has 19 heavy (non-hydrogen) atoms. The molecule has 2 aromatic rings. The van der Waals surface area contributed by atoms with Crippen LogP contribution in [0.15, 0.2) is 24.3 Å². The van der Waals surface area contributed by atoms with E-state index in [0.29, 0.717) is 0 Å². The van der Waals surface area contributed by atoms with E-state index in [4.69, 9.17) is 0 Å². The first-order valence-corrected chi connectivity index (χ1v) is 6.99. The van der Waals surface area contributed by atoms with Crippen LogP contribution in [0.4, 0.5) is 10.8 Å². The van der Waals surface area contributed by atoms with Crippen LogP contribution in [-0.2, 0) is 13.2 Å². The third kappa shape index (κ3) is 3.24. The Morgan fingerprint density at radius 2 is 2.05 bits per heavy atom. The molecule has 0 amide bonds. The van der Waals surface area contributed by atoms with Crippen molar-refractivity contribution in [1.29, 1.82) is 0 Å². The van der Waals surface area contributed by atoms with E-state index >= 15 is 0 Å². The Hall–Kier alpha value is -1.59. The van der Waals surface area contributed by atoms with Crippen molar-refractivity contribution < 1.29 is 5.11 Å². The number of anilines is 2. The van der Waals surface area contributed by atoms with E-state index in [9.17, 15) is 5.11 Å². The first-order chi connectivity index (χ1) is 9.11. The fourth-order valence-corrected chi connectivity index (χ4v) is 2.70. The summed E-state index contributed by atoms with van der Waals surface area (Å²) in [6.07, 6.45) is 0. The number of rotatable bonds is 5. The van der Waals surface area contributed by atoms with Crippen LogP contribution in [-0.4, -0.2) is 24.2 Å². The number of nitrogens with zero attached hydrogens (tertiary/aromatic N) is 2. The standard InChI is InChI=1S/C14H19N3OS/c1-10-13(19-14(16-10)17(2)3)8-15-12-7-5-4-6-11(12)9-18/h4-7,15,18H,8-9H2,1-3H3. The van der Waals surface area contributed by atoms with E-state index in [1.165, 1.54) is 4.88 Å². The van der Waals surface area contributed by atoms with E-state index in [2.05, 4.69) is 10.3 Å². The molecule has 0 unspecified atom stereocenters. The van der Waals surface area contributed by atoms with Crippen molar-refractivity contribution in [2.75, 3.05) is 24.3 Å². The Labute approximate surface area is 117 Å². The third-order valence-electron chi connectivity index (χ3n) is 2.89. The number of para-hydroxylation sites is 1. The summed E-state index contributed by atoms with van der Waals surface area (Å²) in [6, 6.07) is 7.80. The highest BCUT2D eigenvalue weighted by Crippen LogP contribution is 2.26. The van der Waals surface area contributed by atoms with Crippen molar-refractivity contribution in [3.63, 3.8) is 0 Å². The van der Waals surface area contributed by atoms with Crippen molar-refractivity contribution in [2.45, 2.75) is 20.1 Å². The number of aliphatic hydroxyl groups excluding tert-OH is 1. The lowest BCUT2D eigenvalue weighted by Gasteiger charge is -2.09. The van der Waals surface area contributed by atoms with Crippen LogP contribution in [0, 0.1) is 6.92 Å². The smallest absolute Gasteiger partial charge is 0.185 e. The van der Waals surface area contributed by atoms with E-state index in [-0.39, 0.29) is 6.61 Å². The highest BCUT2D eigenvalue weighted by atomic mass is 32.1. The number of aryl methyl sites for hydroxylation is 1. The van der Waals surface area contributed by atoms with Crippen molar-refractivity contribution in [3.05, 3.63) is 40.4 Å². The van der Waals surface area contributed by atoms with Crippen LogP contribution in [0.25, 0.3) is 0 Å². The van der Waals surface area contributed by atoms with Crippen LogP contribution in [0.1, 0.15) is 16.1 Å². The van der Waals surface area contributed by atoms with Crippen LogP contribution >= 0.6 is 11.3 Å². The lowest BCUT2D eigenvalue weighted by atomic mass is 10.2. The number of nitrogens with one attached hydrogen (secondary N) is 1. The molecule has 0 spiro atoms. The lowest BCUT2D eigenvalue weighted by molar-refractivity contribution is 0.282. The number of thiazole rings is 1. The van der Waals surface area contributed by atoms with Gasteiger partial charge in [-0.05, 0) is 13.0 Å². The van der Waals surface area contributed by atoms with Crippen LogP contribution < -0.4 is 10.2 Å². The minimum atomic E-state index is 0.0494. The van der Waals surface area contributed by atoms with E-state index in [1.807, 2.05) is 50.2 Å². The zero-order chi connectivity index (χ0) is 13.8. The largest absolute Gasteiger partial charge is 0.392 e. The van der Waals surface area contributed by atoms with Gasteiger partial charge < -0.3 is 15.3 Å². The quantitative estimate of drug-likeness (QED) is 0.882. The van der Waals surface area contributed by atoms with Crippen LogP contribution in [0.5, 0.6) is 0 Å². The Bertz CT molecular complexity index is 551. The number of hydrogen-bond donors (Lipinski definition) is 2. The summed E-state index contributed by atoms with van der Waals surface area (Å²) in [6.45, 7) is 2.81. The van der Waals surface area contributed by atoms with Gasteiger partial charge in [0.2, 0.25) is 0 Å². The Balaban J connectivity index is 2.10. The predicted octanol–water partition coefficient (Wildman–Crippen LogP) is 2.62. The molecule has 0 aliphatic rings. The van der Waals surface area contributed by atoms with Gasteiger partial charge in [-0.15, -0.1) is 0 Å². The van der Waals surface area contributed by atoms with Gasteiger partial charge in [0.15, 0.2) is 5.13 Å². The zero-order valence-electron chi connectivity index (χ0n) is 11.5. The number of benzene rings is 1. The molecule has 1 heterocycles. The molecule has 0 fully saturated rings. The molecule has 0 radical (unpaired) electrons. The minimum absolute atomic E-state index is 0.0494. The maximum absolute atomic E-state index is 9.29. The summed E-state index contributed by atoms with van der Waals surface area (Å²) < 4.78 is 0. The highest BCUT2D eigenvalue weighted by Gasteiger charge is 2.09. The number of aromatic nitrogens is 1. The summed E-state index contributed by atoms with van der Waals surface area (Å²) in [5.74, 6) is 0. The van der Waals surface area contributed by atoms with Gasteiger partial charge in [-0.2, -0.15) is 0 Å². The van der Waals surface area contributed by atoms with Crippen molar-refractivity contribution in [1.82, 2.24) is 4.98 Å². The molecule has 1 aromatic heterocycles. The van der Waals surface area contributed by atoms with Gasteiger partial charge in [-0.3, -0.25) is 0 Å². The monoisotopic (exact) mass is 277 g/mol. The number of hydrogen-bond acceptors (Lipinski definition) is 5. The molecule has 0 aliphatic heterocycles. The Kier molecular flexibility index (Phi) is 4.39. The van der Waals surface area contributed by atoms with E-state index in [1.54, 1.807) is 11.3 Å². The molecule has 102 valence electrons. The van der Waals surface area contributed by atoms with Gasteiger partial charge in [-0.1, -0.05) is 29.5 Å². The SMILES string of the molecule is Cc1nc(N(C)C)sc1CNc1ccccc1CO. The summed E-state index contributed by atoms with van der Waals surface area (Å²) in [5.41, 5.74) is 2.95. The second-order valence-electron chi connectivity index (χ2n) is 4.57. The normalized spacial score (nSPS) is 10.5. The molecule has 1 aromatic carbocycles. The fraction of sp³-hybridized carbons (Fsp3) is 0.357. The molecular weight excluding hydrogens is 258 g/mol. The maximum Gasteiger partial charge on any atom is 0.185 e. The topological polar surface area (TPSA) is 48.4 Å². The fourth-order valence-electron chi connectivity index (χ4n) is 1.77. The molecule has 5 heteroatoms. The molecule has 2 N–H and O–H groups in total. The average Bonchev–Trinajstić information content (AvgIpc) is 2.78. The minimum Gasteiger partial charge on any atom is -0.392 e. The molecule has 4 nitrogen and oxygen atoms in total. The molecule has 0 saturated heterocycles. The molecular formula is C14H19N3OS. The van der Waals surface area contributed by atoms with E-state index < -0.39 is 0 Å². The summed E-state index contributed by atoms with van der Waals surface area (Å²) in [7, 11) is 3.99. The van der Waals surface area contributed by atoms with Gasteiger partial charge in [0.1, 0.15) is 0 Å². The van der Waals surface area contributed by atoms with Crippen LogP contribution in [0.3, 0.4) is 0 Å². The third-order valence-corrected chi connectivity index (χ3v) is 4.22. The Morgan fingerprint density at radius 3 is 2.68 bits per heavy atom. The van der Waals surface area contributed by atoms with Crippen molar-refractivity contribution in [3.8, 4) is 0 Å². The predicted molar refractivity (Wildman–Crippen MR) is 80.9 cm³/mol. The van der Waals surface area contributed by atoms with Gasteiger partial charge in [0.05, 0.1) is 18.8 Å². The summed E-state index contributed by atoms with van der Waals surface area (Å²) >= 11 is 1.69. The molecule has 0 saturated carbocycles. The van der Waals surface area contributed by atoms with E-state index in [0.717, 1.165) is 28.6 Å². The van der Waals surface area contributed by atoms with Crippen molar-refractivity contribution in [2.24, 2.45) is 0 Å². The Morgan fingerprint density at radius 1 is 1.32 bits per heavy atom. The second kappa shape index (κ2) is 6.04. The highest BCUT2D eigenvalue weighted by molar-refractivity contribution is 7.15. The zero-order valence-corrected chi connectivity index (χ0v) is 12.3. The average molecular weight is 277 g/mol. The van der Waals surface area contributed by atoms with Gasteiger partial charge >= 0.3 is 0 Å². The molecule has 0 bridgehead atoms. The molecule has 2 rings (SSSR count). The molecule has 0 atom stereocenters. The lowest BCUT2D eigenvalue weighted by Crippen LogP contribution is -2.07. The van der Waals surface area contributed by atoms with Gasteiger partial charge in [-0.25, -0.2) is 4.98 Å². The van der Waals surface area contributed by atoms with Crippen LogP contribution in [0.2, 0.25) is 0 Å². The van der Waals surface area contributed by atoms with Crippen molar-refractivity contribution >= 4 is 22.2 Å². The summed E-state index contributed by atoms with van der Waals surface area (Å²) in [4.78, 5) is 7.76. The first kappa shape index (κ1) is 13.8. The number of aliphatic hydroxyl groups is 1. The summed E-state index contributed by atoms with van der Waals surface area (Å²) in [5, 5.41) is 13.7. The van der Waals surface area contributed by atoms with Gasteiger partial charge in [0, 0.05) is 30.2 Å². The second-order valence-corrected chi connectivity index (χ2v) is 5.63. The maximum atomic E-state index is 9.29.